The molecule has 0 aromatic heterocycles. The number of rotatable bonds is 2. The quantitative estimate of drug-likeness (QED) is 0.542. The maximum absolute atomic E-state index is 11.0. The molecule has 1 aliphatic carbocycles. The first-order valence-corrected chi connectivity index (χ1v) is 3.93. The van der Waals surface area contributed by atoms with E-state index in [1.165, 1.54) is 7.11 Å². The molecule has 0 fully saturated rings. The fraction of sp³-hybridized carbons (Fsp3) is 0.444. The van der Waals surface area contributed by atoms with E-state index in [-0.39, 0.29) is 18.4 Å². The van der Waals surface area contributed by atoms with E-state index in [0.29, 0.717) is 0 Å². The van der Waals surface area contributed by atoms with Gasteiger partial charge in [-0.25, -0.2) is 0 Å². The largest absolute Gasteiger partial charge is 0.468 e. The molecule has 0 radical (unpaired) electrons. The monoisotopic (exact) mass is 203 g/mol. The lowest BCUT2D eigenvalue weighted by molar-refractivity contribution is -0.141. The van der Waals surface area contributed by atoms with Crippen LogP contribution in [0.3, 0.4) is 0 Å². The third kappa shape index (κ3) is 3.20. The van der Waals surface area contributed by atoms with Gasteiger partial charge < -0.3 is 10.5 Å². The maximum Gasteiger partial charge on any atom is 0.326 e. The first kappa shape index (κ1) is 12.2. The third-order valence-electron chi connectivity index (χ3n) is 1.89. The molecule has 1 unspecified atom stereocenters. The van der Waals surface area contributed by atoms with Crippen molar-refractivity contribution in [2.75, 3.05) is 7.11 Å². The summed E-state index contributed by atoms with van der Waals surface area (Å²) in [7, 11) is 1.35. The Bertz CT molecular complexity index is 236. The maximum atomic E-state index is 11.0. The molecule has 1 atom stereocenters. The average Bonchev–Trinajstić information content (AvgIpc) is 2.17. The van der Waals surface area contributed by atoms with Crippen molar-refractivity contribution in [3.8, 4) is 0 Å². The second-order valence-electron chi connectivity index (χ2n) is 2.69. The van der Waals surface area contributed by atoms with Crippen molar-refractivity contribution in [3.05, 3.63) is 23.8 Å². The number of ether oxygens (including phenoxy) is 1. The highest BCUT2D eigenvalue weighted by molar-refractivity contribution is 5.85. The number of carbonyl (C=O) groups is 1. The van der Waals surface area contributed by atoms with Crippen LogP contribution >= 0.6 is 12.4 Å². The zero-order chi connectivity index (χ0) is 8.97. The molecule has 0 aliphatic heterocycles. The van der Waals surface area contributed by atoms with Crippen molar-refractivity contribution >= 4 is 18.4 Å². The minimum Gasteiger partial charge on any atom is -0.468 e. The predicted molar refractivity (Wildman–Crippen MR) is 53.7 cm³/mol. The third-order valence-corrected chi connectivity index (χ3v) is 1.89. The van der Waals surface area contributed by atoms with Crippen molar-refractivity contribution < 1.29 is 9.53 Å². The molecule has 4 heteroatoms. The first-order valence-electron chi connectivity index (χ1n) is 3.93. The summed E-state index contributed by atoms with van der Waals surface area (Å²) >= 11 is 0. The standard InChI is InChI=1S/C9H13NO2.ClH/c1-12-9(11)8(10)7-5-3-2-4-6-7;/h2-3,6,8H,4-5,10H2,1H3;1H. The fourth-order valence-corrected chi connectivity index (χ4v) is 1.15. The fourth-order valence-electron chi connectivity index (χ4n) is 1.15. The van der Waals surface area contributed by atoms with Gasteiger partial charge in [0, 0.05) is 0 Å². The van der Waals surface area contributed by atoms with Crippen LogP contribution in [-0.4, -0.2) is 19.1 Å². The van der Waals surface area contributed by atoms with Crippen LogP contribution in [-0.2, 0) is 9.53 Å². The van der Waals surface area contributed by atoms with Gasteiger partial charge in [0.2, 0.25) is 0 Å². The summed E-state index contributed by atoms with van der Waals surface area (Å²) in [6, 6.07) is -0.583. The highest BCUT2D eigenvalue weighted by Crippen LogP contribution is 2.14. The second-order valence-corrected chi connectivity index (χ2v) is 2.69. The molecule has 74 valence electrons. The lowest BCUT2D eigenvalue weighted by Gasteiger charge is -2.14. The van der Waals surface area contributed by atoms with Gasteiger partial charge >= 0.3 is 5.97 Å². The van der Waals surface area contributed by atoms with Crippen LogP contribution in [0.2, 0.25) is 0 Å². The van der Waals surface area contributed by atoms with Crippen molar-refractivity contribution in [3.63, 3.8) is 0 Å². The van der Waals surface area contributed by atoms with E-state index in [0.717, 1.165) is 18.4 Å². The van der Waals surface area contributed by atoms with Crippen LogP contribution in [0.5, 0.6) is 0 Å². The number of esters is 1. The van der Waals surface area contributed by atoms with Crippen LogP contribution in [0.15, 0.2) is 23.8 Å². The molecule has 13 heavy (non-hydrogen) atoms. The van der Waals surface area contributed by atoms with E-state index in [1.54, 1.807) is 0 Å². The molecule has 1 aliphatic rings. The molecule has 0 amide bonds. The molecule has 3 nitrogen and oxygen atoms in total. The molecule has 0 saturated carbocycles. The predicted octanol–water partition coefficient (Wildman–Crippen LogP) is 1.18. The lowest BCUT2D eigenvalue weighted by atomic mass is 9.99. The Hall–Kier alpha value is -0.800. The minimum absolute atomic E-state index is 0. The van der Waals surface area contributed by atoms with Crippen molar-refractivity contribution in [2.24, 2.45) is 5.73 Å². The van der Waals surface area contributed by atoms with E-state index < -0.39 is 6.04 Å². The van der Waals surface area contributed by atoms with Gasteiger partial charge in [0.05, 0.1) is 7.11 Å². The SMILES string of the molecule is COC(=O)C(N)C1=CCC=CC1.Cl. The van der Waals surface area contributed by atoms with E-state index in [1.807, 2.05) is 18.2 Å². The summed E-state index contributed by atoms with van der Waals surface area (Å²) < 4.78 is 4.54. The second kappa shape index (κ2) is 5.78. The van der Waals surface area contributed by atoms with Gasteiger partial charge in [-0.15, -0.1) is 12.4 Å². The Morgan fingerprint density at radius 2 is 2.31 bits per heavy atom. The Labute approximate surface area is 84.0 Å². The molecule has 2 N–H and O–H groups in total. The van der Waals surface area contributed by atoms with E-state index in [9.17, 15) is 4.79 Å². The smallest absolute Gasteiger partial charge is 0.326 e. The van der Waals surface area contributed by atoms with Gasteiger partial charge in [-0.2, -0.15) is 0 Å². The molecule has 0 spiro atoms. The van der Waals surface area contributed by atoms with Crippen molar-refractivity contribution in [1.29, 1.82) is 0 Å². The zero-order valence-electron chi connectivity index (χ0n) is 7.53. The summed E-state index contributed by atoms with van der Waals surface area (Å²) in [6.07, 6.45) is 7.66. The van der Waals surface area contributed by atoms with Gasteiger partial charge in [0.1, 0.15) is 6.04 Å². The number of carbonyl (C=O) groups excluding carboxylic acids is 1. The van der Waals surface area contributed by atoms with E-state index >= 15 is 0 Å². The molecule has 1 rings (SSSR count). The number of methoxy groups -OCH3 is 1. The normalized spacial score (nSPS) is 16.9. The lowest BCUT2D eigenvalue weighted by Crippen LogP contribution is -2.33. The van der Waals surface area contributed by atoms with Gasteiger partial charge in [-0.3, -0.25) is 4.79 Å². The first-order chi connectivity index (χ1) is 5.75. The van der Waals surface area contributed by atoms with Crippen molar-refractivity contribution in [2.45, 2.75) is 18.9 Å². The Morgan fingerprint density at radius 1 is 1.62 bits per heavy atom. The van der Waals surface area contributed by atoms with Crippen LogP contribution in [0.4, 0.5) is 0 Å². The summed E-state index contributed by atoms with van der Waals surface area (Å²) in [5.41, 5.74) is 6.57. The Balaban J connectivity index is 0.00000144. The van der Waals surface area contributed by atoms with Gasteiger partial charge in [-0.05, 0) is 18.4 Å². The average molecular weight is 204 g/mol. The molecule has 0 aromatic carbocycles. The highest BCUT2D eigenvalue weighted by Gasteiger charge is 2.18. The highest BCUT2D eigenvalue weighted by atomic mass is 35.5. The molecule has 0 heterocycles. The van der Waals surface area contributed by atoms with E-state index in [4.69, 9.17) is 5.73 Å². The summed E-state index contributed by atoms with van der Waals surface area (Å²) in [6.45, 7) is 0. The molecular weight excluding hydrogens is 190 g/mol. The summed E-state index contributed by atoms with van der Waals surface area (Å²) in [5, 5.41) is 0. The van der Waals surface area contributed by atoms with Crippen LogP contribution in [0, 0.1) is 0 Å². The Kier molecular flexibility index (Phi) is 5.42. The van der Waals surface area contributed by atoms with Gasteiger partial charge in [-0.1, -0.05) is 18.2 Å². The zero-order valence-corrected chi connectivity index (χ0v) is 8.34. The van der Waals surface area contributed by atoms with Crippen LogP contribution in [0.25, 0.3) is 0 Å². The van der Waals surface area contributed by atoms with Gasteiger partial charge in [0.15, 0.2) is 0 Å². The number of nitrogens with two attached hydrogens (primary N) is 1. The van der Waals surface area contributed by atoms with Crippen LogP contribution in [0.1, 0.15) is 12.8 Å². The molecule has 0 saturated heterocycles. The van der Waals surface area contributed by atoms with E-state index in [2.05, 4.69) is 4.74 Å². The number of allylic oxidation sites excluding steroid dienone is 3. The molecule has 0 bridgehead atoms. The van der Waals surface area contributed by atoms with Crippen molar-refractivity contribution in [1.82, 2.24) is 0 Å². The summed E-state index contributed by atoms with van der Waals surface area (Å²) in [4.78, 5) is 11.0. The number of halogens is 1. The van der Waals surface area contributed by atoms with Crippen LogP contribution < -0.4 is 5.73 Å². The number of hydrogen-bond acceptors (Lipinski definition) is 3. The topological polar surface area (TPSA) is 52.3 Å². The van der Waals surface area contributed by atoms with Gasteiger partial charge in [0.25, 0.3) is 0 Å². The minimum atomic E-state index is -0.583. The Morgan fingerprint density at radius 3 is 2.77 bits per heavy atom. The summed E-state index contributed by atoms with van der Waals surface area (Å²) in [5.74, 6) is -0.364. The molecular formula is C9H14ClNO2. The number of hydrogen-bond donors (Lipinski definition) is 1. The molecule has 0 aromatic rings.